The summed E-state index contributed by atoms with van der Waals surface area (Å²) >= 11 is 0.937. The lowest BCUT2D eigenvalue weighted by atomic mass is 10.4. The number of hydrazine groups is 1. The number of nitrogens with one attached hydrogen (secondary N) is 1. The van der Waals surface area contributed by atoms with Gasteiger partial charge in [0, 0.05) is 12.9 Å². The van der Waals surface area contributed by atoms with Crippen LogP contribution in [0, 0.1) is 0 Å². The average Bonchev–Trinajstić information content (AvgIpc) is 2.11. The minimum Gasteiger partial charge on any atom is -0.384 e. The number of carbonyl (C=O) groups excluding carboxylic acids is 1. The zero-order chi connectivity index (χ0) is 10.3. The number of amides is 1. The van der Waals surface area contributed by atoms with E-state index in [4.69, 9.17) is 0 Å². The number of carbonyl (C=O) groups is 1. The number of nitrogens with two attached hydrogens (primary N) is 1. The Hall–Kier alpha value is -0.400. The van der Waals surface area contributed by atoms with E-state index in [0.29, 0.717) is 12.4 Å². The zero-order valence-corrected chi connectivity index (χ0v) is 8.00. The summed E-state index contributed by atoms with van der Waals surface area (Å²) in [6.07, 6.45) is 0. The van der Waals surface area contributed by atoms with E-state index in [-0.39, 0.29) is 0 Å². The molecule has 0 aliphatic carbocycles. The van der Waals surface area contributed by atoms with Gasteiger partial charge in [0.15, 0.2) is 0 Å². The van der Waals surface area contributed by atoms with E-state index in [1.165, 1.54) is 12.5 Å². The van der Waals surface area contributed by atoms with Crippen LogP contribution in [0.3, 0.4) is 0 Å². The third-order valence-electron chi connectivity index (χ3n) is 1.18. The van der Waals surface area contributed by atoms with Crippen molar-refractivity contribution in [1.29, 1.82) is 0 Å². The smallest absolute Gasteiger partial charge is 0.334 e. The number of ether oxygens (including phenoxy) is 1. The first kappa shape index (κ1) is 12.6. The van der Waals surface area contributed by atoms with Crippen LogP contribution in [0.4, 0.5) is 8.78 Å². The lowest BCUT2D eigenvalue weighted by Crippen LogP contribution is -2.45. The SMILES string of the molecule is COCCSCC(F)(F)C(=O)NN. The average molecular weight is 214 g/mol. The summed E-state index contributed by atoms with van der Waals surface area (Å²) in [4.78, 5) is 10.5. The molecule has 0 fully saturated rings. The Balaban J connectivity index is 3.69. The topological polar surface area (TPSA) is 64.3 Å². The van der Waals surface area contributed by atoms with Crippen LogP contribution in [0.2, 0.25) is 0 Å². The molecule has 0 rings (SSSR count). The van der Waals surface area contributed by atoms with Crippen molar-refractivity contribution in [1.82, 2.24) is 5.43 Å². The number of rotatable bonds is 6. The van der Waals surface area contributed by atoms with Gasteiger partial charge in [-0.05, 0) is 0 Å². The van der Waals surface area contributed by atoms with Gasteiger partial charge in [-0.25, -0.2) is 5.84 Å². The third-order valence-corrected chi connectivity index (χ3v) is 2.20. The lowest BCUT2D eigenvalue weighted by Gasteiger charge is -2.13. The fourth-order valence-corrected chi connectivity index (χ4v) is 1.33. The van der Waals surface area contributed by atoms with Gasteiger partial charge in [-0.2, -0.15) is 20.5 Å². The summed E-state index contributed by atoms with van der Waals surface area (Å²) in [5.74, 6) is -0.459. The van der Waals surface area contributed by atoms with Crippen molar-refractivity contribution in [2.24, 2.45) is 5.84 Å². The second-order valence-electron chi connectivity index (χ2n) is 2.22. The molecule has 3 N–H and O–H groups in total. The minimum atomic E-state index is -3.41. The molecule has 7 heteroatoms. The molecule has 0 radical (unpaired) electrons. The van der Waals surface area contributed by atoms with Gasteiger partial charge < -0.3 is 4.74 Å². The Morgan fingerprint density at radius 3 is 2.77 bits per heavy atom. The Morgan fingerprint density at radius 1 is 1.69 bits per heavy atom. The maximum Gasteiger partial charge on any atom is 0.334 e. The number of alkyl halides is 2. The standard InChI is InChI=1S/C6H12F2N2O2S/c1-12-2-3-13-4-6(7,8)5(11)10-9/h2-4,9H2,1H3,(H,10,11). The van der Waals surface area contributed by atoms with Crippen LogP contribution >= 0.6 is 11.8 Å². The van der Waals surface area contributed by atoms with E-state index in [9.17, 15) is 13.6 Å². The van der Waals surface area contributed by atoms with Crippen LogP contribution in [0.5, 0.6) is 0 Å². The predicted octanol–water partition coefficient (Wildman–Crippen LogP) is -0.00880. The molecular weight excluding hydrogens is 202 g/mol. The molecular formula is C6H12F2N2O2S. The summed E-state index contributed by atoms with van der Waals surface area (Å²) < 4.78 is 30.0. The molecule has 0 aromatic carbocycles. The highest BCUT2D eigenvalue weighted by Crippen LogP contribution is 2.19. The molecule has 0 aliphatic rings. The quantitative estimate of drug-likeness (QED) is 0.282. The predicted molar refractivity (Wildman–Crippen MR) is 46.5 cm³/mol. The Bertz CT molecular complexity index is 169. The number of thioether (sulfide) groups is 1. The zero-order valence-electron chi connectivity index (χ0n) is 7.18. The van der Waals surface area contributed by atoms with Crippen molar-refractivity contribution in [3.05, 3.63) is 0 Å². The molecule has 1 amide bonds. The van der Waals surface area contributed by atoms with E-state index < -0.39 is 17.6 Å². The van der Waals surface area contributed by atoms with E-state index in [1.54, 1.807) is 0 Å². The van der Waals surface area contributed by atoms with Gasteiger partial charge in [-0.1, -0.05) is 0 Å². The van der Waals surface area contributed by atoms with Gasteiger partial charge in [0.05, 0.1) is 12.4 Å². The van der Waals surface area contributed by atoms with Crippen LogP contribution in [-0.4, -0.2) is 37.1 Å². The number of halogens is 2. The lowest BCUT2D eigenvalue weighted by molar-refractivity contribution is -0.142. The third kappa shape index (κ3) is 5.02. The van der Waals surface area contributed by atoms with Crippen LogP contribution in [0.1, 0.15) is 0 Å². The van der Waals surface area contributed by atoms with Crippen molar-refractivity contribution >= 4 is 17.7 Å². The fourth-order valence-electron chi connectivity index (χ4n) is 0.514. The first-order valence-corrected chi connectivity index (χ1v) is 4.65. The molecule has 0 saturated carbocycles. The fraction of sp³-hybridized carbons (Fsp3) is 0.833. The van der Waals surface area contributed by atoms with Gasteiger partial charge >= 0.3 is 11.8 Å². The van der Waals surface area contributed by atoms with E-state index in [2.05, 4.69) is 10.6 Å². The second kappa shape index (κ2) is 6.11. The van der Waals surface area contributed by atoms with Crippen molar-refractivity contribution in [2.45, 2.75) is 5.92 Å². The Kier molecular flexibility index (Phi) is 5.93. The molecule has 0 aliphatic heterocycles. The maximum absolute atomic E-state index is 12.7. The van der Waals surface area contributed by atoms with Crippen LogP contribution in [0.15, 0.2) is 0 Å². The molecule has 78 valence electrons. The number of methoxy groups -OCH3 is 1. The molecule has 0 saturated heterocycles. The highest BCUT2D eigenvalue weighted by Gasteiger charge is 2.37. The molecule has 0 bridgehead atoms. The highest BCUT2D eigenvalue weighted by molar-refractivity contribution is 7.99. The normalized spacial score (nSPS) is 11.4. The number of hydrogen-bond acceptors (Lipinski definition) is 4. The molecule has 4 nitrogen and oxygen atoms in total. The molecule has 0 heterocycles. The molecule has 13 heavy (non-hydrogen) atoms. The summed E-state index contributed by atoms with van der Waals surface area (Å²) in [5, 5.41) is 0. The first-order valence-electron chi connectivity index (χ1n) is 3.50. The van der Waals surface area contributed by atoms with Gasteiger partial charge in [0.1, 0.15) is 0 Å². The van der Waals surface area contributed by atoms with E-state index in [1.807, 2.05) is 0 Å². The van der Waals surface area contributed by atoms with Crippen molar-refractivity contribution in [2.75, 3.05) is 25.2 Å². The number of hydrogen-bond donors (Lipinski definition) is 2. The van der Waals surface area contributed by atoms with Gasteiger partial charge in [0.2, 0.25) is 0 Å². The molecule has 0 spiro atoms. The molecule has 0 atom stereocenters. The summed E-state index contributed by atoms with van der Waals surface area (Å²) in [6, 6.07) is 0. The summed E-state index contributed by atoms with van der Waals surface area (Å²) in [5.41, 5.74) is 1.41. The molecule has 0 unspecified atom stereocenters. The Morgan fingerprint density at radius 2 is 2.31 bits per heavy atom. The summed E-state index contributed by atoms with van der Waals surface area (Å²) in [7, 11) is 1.48. The minimum absolute atomic E-state index is 0.380. The van der Waals surface area contributed by atoms with Crippen molar-refractivity contribution < 1.29 is 18.3 Å². The van der Waals surface area contributed by atoms with Gasteiger partial charge in [-0.15, -0.1) is 0 Å². The monoisotopic (exact) mass is 214 g/mol. The summed E-state index contributed by atoms with van der Waals surface area (Å²) in [6.45, 7) is 0.380. The molecule has 0 aromatic heterocycles. The second-order valence-corrected chi connectivity index (χ2v) is 3.33. The van der Waals surface area contributed by atoms with Gasteiger partial charge in [-0.3, -0.25) is 10.2 Å². The highest BCUT2D eigenvalue weighted by atomic mass is 32.2. The van der Waals surface area contributed by atoms with Crippen molar-refractivity contribution in [3.63, 3.8) is 0 Å². The Labute approximate surface area is 79.2 Å². The van der Waals surface area contributed by atoms with Crippen LogP contribution in [0.25, 0.3) is 0 Å². The van der Waals surface area contributed by atoms with E-state index >= 15 is 0 Å². The van der Waals surface area contributed by atoms with Crippen LogP contribution in [-0.2, 0) is 9.53 Å². The maximum atomic E-state index is 12.7. The molecule has 0 aromatic rings. The van der Waals surface area contributed by atoms with Gasteiger partial charge in [0.25, 0.3) is 0 Å². The first-order chi connectivity index (χ1) is 6.04. The van der Waals surface area contributed by atoms with Crippen LogP contribution < -0.4 is 11.3 Å². The largest absolute Gasteiger partial charge is 0.384 e. The van der Waals surface area contributed by atoms with Crippen molar-refractivity contribution in [3.8, 4) is 0 Å². The van der Waals surface area contributed by atoms with E-state index in [0.717, 1.165) is 11.8 Å².